The maximum atomic E-state index is 12.6. The minimum absolute atomic E-state index is 0.178. The molecular weight excluding hydrogens is 671 g/mol. The van der Waals surface area contributed by atoms with Crippen molar-refractivity contribution >= 4 is 19.8 Å². The average molecular weight is 749 g/mol. The van der Waals surface area contributed by atoms with E-state index in [1.165, 1.54) is 96.3 Å². The number of esters is 2. The van der Waals surface area contributed by atoms with Crippen LogP contribution >= 0.6 is 7.82 Å². The van der Waals surface area contributed by atoms with Gasteiger partial charge >= 0.3 is 19.8 Å². The summed E-state index contributed by atoms with van der Waals surface area (Å²) in [5, 5.41) is 18.3. The van der Waals surface area contributed by atoms with Gasteiger partial charge in [0.1, 0.15) is 12.7 Å². The number of aliphatic hydroxyl groups excluding tert-OH is 2. The first-order valence-corrected chi connectivity index (χ1v) is 22.1. The summed E-state index contributed by atoms with van der Waals surface area (Å²) in [4.78, 5) is 34.9. The fourth-order valence-electron chi connectivity index (χ4n) is 5.69. The Hall–Kier alpha value is -1.29. The molecule has 0 rings (SSSR count). The molecule has 0 aromatic heterocycles. The molecular formula is C40H77O10P. The van der Waals surface area contributed by atoms with Crippen molar-refractivity contribution in [2.24, 2.45) is 0 Å². The molecule has 0 saturated carbocycles. The van der Waals surface area contributed by atoms with Gasteiger partial charge in [0.2, 0.25) is 0 Å². The number of phosphoric acid groups is 1. The van der Waals surface area contributed by atoms with E-state index in [0.29, 0.717) is 12.8 Å². The minimum Gasteiger partial charge on any atom is -0.462 e. The number of carbonyl (C=O) groups is 2. The van der Waals surface area contributed by atoms with Crippen molar-refractivity contribution in [1.82, 2.24) is 0 Å². The van der Waals surface area contributed by atoms with E-state index >= 15 is 0 Å². The summed E-state index contributed by atoms with van der Waals surface area (Å²) in [5.41, 5.74) is 0. The topological polar surface area (TPSA) is 149 Å². The number of aliphatic hydroxyl groups is 2. The molecule has 51 heavy (non-hydrogen) atoms. The van der Waals surface area contributed by atoms with Crippen LogP contribution in [0, 0.1) is 0 Å². The van der Waals surface area contributed by atoms with Gasteiger partial charge in [-0.3, -0.25) is 18.6 Å². The molecule has 10 nitrogen and oxygen atoms in total. The van der Waals surface area contributed by atoms with Crippen LogP contribution in [0.2, 0.25) is 0 Å². The van der Waals surface area contributed by atoms with E-state index in [2.05, 4.69) is 30.5 Å². The number of unbranched alkanes of at least 4 members (excludes halogenated alkanes) is 23. The summed E-state index contributed by atoms with van der Waals surface area (Å²) in [6, 6.07) is 0. The minimum atomic E-state index is -4.61. The van der Waals surface area contributed by atoms with E-state index in [9.17, 15) is 24.2 Å². The summed E-state index contributed by atoms with van der Waals surface area (Å²) in [6.07, 6.45) is 33.2. The first kappa shape index (κ1) is 49.7. The quantitative estimate of drug-likeness (QED) is 0.0240. The lowest BCUT2D eigenvalue weighted by Crippen LogP contribution is -2.29. The van der Waals surface area contributed by atoms with Crippen LogP contribution in [0.15, 0.2) is 12.2 Å². The molecule has 0 spiro atoms. The Kier molecular flexibility index (Phi) is 36.1. The molecule has 0 fully saturated rings. The van der Waals surface area contributed by atoms with Crippen molar-refractivity contribution in [3.63, 3.8) is 0 Å². The zero-order valence-corrected chi connectivity index (χ0v) is 33.5. The van der Waals surface area contributed by atoms with Crippen molar-refractivity contribution in [1.29, 1.82) is 0 Å². The zero-order chi connectivity index (χ0) is 37.7. The van der Waals surface area contributed by atoms with Crippen LogP contribution in [0.5, 0.6) is 0 Å². The molecule has 0 aromatic carbocycles. The third kappa shape index (κ3) is 36.8. The molecule has 0 radical (unpaired) electrons. The van der Waals surface area contributed by atoms with Gasteiger partial charge < -0.3 is 24.6 Å². The van der Waals surface area contributed by atoms with Crippen LogP contribution in [-0.2, 0) is 32.7 Å². The third-order valence-electron chi connectivity index (χ3n) is 8.92. The van der Waals surface area contributed by atoms with Gasteiger partial charge in [-0.2, -0.15) is 0 Å². The lowest BCUT2D eigenvalue weighted by molar-refractivity contribution is -0.161. The lowest BCUT2D eigenvalue weighted by Gasteiger charge is -2.20. The maximum Gasteiger partial charge on any atom is 0.472 e. The van der Waals surface area contributed by atoms with Gasteiger partial charge in [0.25, 0.3) is 0 Å². The van der Waals surface area contributed by atoms with E-state index < -0.39 is 51.8 Å². The van der Waals surface area contributed by atoms with E-state index in [1.807, 2.05) is 0 Å². The summed E-state index contributed by atoms with van der Waals surface area (Å²) >= 11 is 0. The van der Waals surface area contributed by atoms with Crippen molar-refractivity contribution in [3.05, 3.63) is 12.2 Å². The number of ether oxygens (including phenoxy) is 2. The smallest absolute Gasteiger partial charge is 0.462 e. The highest BCUT2D eigenvalue weighted by Gasteiger charge is 2.27. The summed E-state index contributed by atoms with van der Waals surface area (Å²) in [6.45, 7) is 2.37. The monoisotopic (exact) mass is 749 g/mol. The van der Waals surface area contributed by atoms with E-state index in [-0.39, 0.29) is 19.4 Å². The molecule has 0 aromatic rings. The highest BCUT2D eigenvalue weighted by atomic mass is 31.2. The molecule has 1 unspecified atom stereocenters. The number of phosphoric ester groups is 1. The van der Waals surface area contributed by atoms with Gasteiger partial charge in [0.15, 0.2) is 6.10 Å². The second-order valence-electron chi connectivity index (χ2n) is 14.0. The van der Waals surface area contributed by atoms with Gasteiger partial charge in [-0.15, -0.1) is 0 Å². The molecule has 3 atom stereocenters. The molecule has 302 valence electrons. The van der Waals surface area contributed by atoms with Gasteiger partial charge in [-0.05, 0) is 38.5 Å². The van der Waals surface area contributed by atoms with Gasteiger partial charge in [0, 0.05) is 12.8 Å². The summed E-state index contributed by atoms with van der Waals surface area (Å²) < 4.78 is 32.6. The molecule has 11 heteroatoms. The Labute approximate surface area is 311 Å². The van der Waals surface area contributed by atoms with Crippen LogP contribution in [0.4, 0.5) is 0 Å². The highest BCUT2D eigenvalue weighted by Crippen LogP contribution is 2.43. The van der Waals surface area contributed by atoms with Crippen LogP contribution in [-0.4, -0.2) is 65.7 Å². The lowest BCUT2D eigenvalue weighted by atomic mass is 10.0. The molecule has 0 heterocycles. The number of rotatable bonds is 39. The average Bonchev–Trinajstić information content (AvgIpc) is 3.12. The molecule has 3 N–H and O–H groups in total. The standard InChI is InChI=1S/C40H77O10P/c1-3-5-7-9-11-13-15-17-18-20-21-23-25-27-29-31-39(43)47-35-38(36-49-51(45,46)48-34-37(42)33-41)50-40(44)32-30-28-26-24-22-19-16-14-12-10-8-6-4-2/h14,16,37-38,41-42H,3-13,15,17-36H2,1-2H3,(H,45,46)/b16-14-/t37-,38+/m0/s1. The molecule has 0 amide bonds. The normalized spacial score (nSPS) is 14.1. The molecule has 0 bridgehead atoms. The predicted octanol–water partition coefficient (Wildman–Crippen LogP) is 10.4. The molecule has 0 aliphatic heterocycles. The number of carbonyl (C=O) groups excluding carboxylic acids is 2. The number of hydrogen-bond donors (Lipinski definition) is 3. The van der Waals surface area contributed by atoms with Gasteiger partial charge in [-0.25, -0.2) is 4.57 Å². The van der Waals surface area contributed by atoms with Gasteiger partial charge in [-0.1, -0.05) is 154 Å². The summed E-state index contributed by atoms with van der Waals surface area (Å²) in [5.74, 6) is -0.927. The SMILES string of the molecule is CCCCCC/C=C\CCCCCCCC(=O)O[C@H](COC(=O)CCCCCCCCCCCCCCCCC)COP(=O)(O)OC[C@@H](O)CO. The van der Waals surface area contributed by atoms with Crippen LogP contribution < -0.4 is 0 Å². The Bertz CT molecular complexity index is 868. The fourth-order valence-corrected chi connectivity index (χ4v) is 6.48. The van der Waals surface area contributed by atoms with Crippen LogP contribution in [0.1, 0.15) is 194 Å². The number of hydrogen-bond acceptors (Lipinski definition) is 9. The van der Waals surface area contributed by atoms with Crippen LogP contribution in [0.25, 0.3) is 0 Å². The largest absolute Gasteiger partial charge is 0.472 e. The predicted molar refractivity (Wildman–Crippen MR) is 205 cm³/mol. The van der Waals surface area contributed by atoms with Crippen molar-refractivity contribution in [2.75, 3.05) is 26.4 Å². The van der Waals surface area contributed by atoms with Crippen molar-refractivity contribution < 1.29 is 47.8 Å². The Balaban J connectivity index is 4.30. The Morgan fingerprint density at radius 1 is 0.569 bits per heavy atom. The Morgan fingerprint density at radius 2 is 0.961 bits per heavy atom. The Morgan fingerprint density at radius 3 is 1.43 bits per heavy atom. The van der Waals surface area contributed by atoms with E-state index in [0.717, 1.165) is 57.8 Å². The third-order valence-corrected chi connectivity index (χ3v) is 9.87. The maximum absolute atomic E-state index is 12.6. The fraction of sp³-hybridized carbons (Fsp3) is 0.900. The highest BCUT2D eigenvalue weighted by molar-refractivity contribution is 7.47. The molecule has 0 aliphatic carbocycles. The van der Waals surface area contributed by atoms with Gasteiger partial charge in [0.05, 0.1) is 19.8 Å². The second-order valence-corrected chi connectivity index (χ2v) is 15.5. The van der Waals surface area contributed by atoms with E-state index in [1.54, 1.807) is 0 Å². The first-order valence-electron chi connectivity index (χ1n) is 20.6. The second kappa shape index (κ2) is 37.0. The summed E-state index contributed by atoms with van der Waals surface area (Å²) in [7, 11) is -4.61. The van der Waals surface area contributed by atoms with E-state index in [4.69, 9.17) is 19.1 Å². The van der Waals surface area contributed by atoms with Crippen molar-refractivity contribution in [3.8, 4) is 0 Å². The zero-order valence-electron chi connectivity index (χ0n) is 32.6. The van der Waals surface area contributed by atoms with Crippen LogP contribution in [0.3, 0.4) is 0 Å². The number of allylic oxidation sites excluding steroid dienone is 2. The first-order chi connectivity index (χ1) is 24.7. The molecule has 0 saturated heterocycles. The van der Waals surface area contributed by atoms with Crippen molar-refractivity contribution in [2.45, 2.75) is 206 Å². The molecule has 0 aliphatic rings.